The van der Waals surface area contributed by atoms with Gasteiger partial charge in [0.15, 0.2) is 4.34 Å². The molecule has 0 spiro atoms. The summed E-state index contributed by atoms with van der Waals surface area (Å²) in [6, 6.07) is 9.73. The van der Waals surface area contributed by atoms with Crippen LogP contribution in [0.25, 0.3) is 11.3 Å². The normalized spacial score (nSPS) is 15.7. The van der Waals surface area contributed by atoms with E-state index in [-0.39, 0.29) is 17.2 Å². The monoisotopic (exact) mass is 375 g/mol. The summed E-state index contributed by atoms with van der Waals surface area (Å²) in [5, 5.41) is 6.89. The van der Waals surface area contributed by atoms with E-state index in [1.54, 1.807) is 6.92 Å². The second-order valence-corrected chi connectivity index (χ2v) is 8.51. The van der Waals surface area contributed by atoms with Crippen molar-refractivity contribution in [3.63, 3.8) is 0 Å². The molecule has 1 aromatic carbocycles. The van der Waals surface area contributed by atoms with Crippen LogP contribution in [-0.4, -0.2) is 28.2 Å². The molecule has 0 bridgehead atoms. The van der Waals surface area contributed by atoms with Crippen molar-refractivity contribution in [3.8, 4) is 11.3 Å². The van der Waals surface area contributed by atoms with Crippen LogP contribution in [0, 0.1) is 0 Å². The number of thiazole rings is 1. The van der Waals surface area contributed by atoms with E-state index in [4.69, 9.17) is 0 Å². The quantitative estimate of drug-likeness (QED) is 0.773. The Kier molecular flexibility index (Phi) is 6.09. The van der Waals surface area contributed by atoms with Gasteiger partial charge in [-0.3, -0.25) is 10.1 Å². The molecular formula is C18H21N3O2S2. The first kappa shape index (κ1) is 17.9. The van der Waals surface area contributed by atoms with Gasteiger partial charge in [0.2, 0.25) is 5.91 Å². The van der Waals surface area contributed by atoms with Crippen molar-refractivity contribution >= 4 is 35.0 Å². The molecule has 0 radical (unpaired) electrons. The van der Waals surface area contributed by atoms with Crippen LogP contribution < -0.4 is 10.6 Å². The highest BCUT2D eigenvalue weighted by Gasteiger charge is 2.21. The van der Waals surface area contributed by atoms with Crippen LogP contribution in [0.5, 0.6) is 0 Å². The summed E-state index contributed by atoms with van der Waals surface area (Å²) in [6.45, 7) is 1.78. The fraction of sp³-hybridized carbons (Fsp3) is 0.389. The minimum atomic E-state index is -0.395. The van der Waals surface area contributed by atoms with E-state index in [2.05, 4.69) is 15.6 Å². The number of nitrogens with zero attached hydrogens (tertiary/aromatic N) is 1. The van der Waals surface area contributed by atoms with Crippen LogP contribution in [0.15, 0.2) is 40.1 Å². The summed E-state index contributed by atoms with van der Waals surface area (Å²) >= 11 is 2.87. The average molecular weight is 376 g/mol. The van der Waals surface area contributed by atoms with Crippen molar-refractivity contribution in [1.82, 2.24) is 15.6 Å². The molecule has 25 heavy (non-hydrogen) atoms. The van der Waals surface area contributed by atoms with Crippen LogP contribution >= 0.6 is 23.1 Å². The largest absolute Gasteiger partial charge is 0.335 e. The highest BCUT2D eigenvalue weighted by atomic mass is 32.2. The summed E-state index contributed by atoms with van der Waals surface area (Å²) in [5.74, 6) is -0.294. The van der Waals surface area contributed by atoms with Crippen molar-refractivity contribution < 1.29 is 9.59 Å². The fourth-order valence-corrected chi connectivity index (χ4v) is 4.73. The van der Waals surface area contributed by atoms with Crippen LogP contribution in [0.4, 0.5) is 4.79 Å². The number of thioether (sulfide) groups is 1. The summed E-state index contributed by atoms with van der Waals surface area (Å²) in [7, 11) is 0. The maximum absolute atomic E-state index is 12.2. The lowest BCUT2D eigenvalue weighted by Gasteiger charge is -2.14. The number of nitrogens with one attached hydrogen (secondary N) is 2. The van der Waals surface area contributed by atoms with Crippen LogP contribution in [0.1, 0.15) is 32.6 Å². The Labute approximate surface area is 155 Å². The van der Waals surface area contributed by atoms with Gasteiger partial charge in [0, 0.05) is 17.0 Å². The molecule has 2 aromatic rings. The van der Waals surface area contributed by atoms with Gasteiger partial charge >= 0.3 is 6.03 Å². The maximum atomic E-state index is 12.2. The third-order valence-electron chi connectivity index (χ3n) is 4.13. The van der Waals surface area contributed by atoms with Gasteiger partial charge in [-0.25, -0.2) is 9.78 Å². The number of hydrogen-bond acceptors (Lipinski definition) is 5. The average Bonchev–Trinajstić information content (AvgIpc) is 3.27. The van der Waals surface area contributed by atoms with Crippen LogP contribution in [0.2, 0.25) is 0 Å². The van der Waals surface area contributed by atoms with E-state index in [9.17, 15) is 9.59 Å². The molecule has 0 aliphatic heterocycles. The number of rotatable bonds is 5. The third kappa shape index (κ3) is 5.06. The van der Waals surface area contributed by atoms with Gasteiger partial charge in [0.05, 0.1) is 10.9 Å². The summed E-state index contributed by atoms with van der Waals surface area (Å²) in [5.41, 5.74) is 1.96. The lowest BCUT2D eigenvalue weighted by atomic mass is 10.2. The Morgan fingerprint density at radius 1 is 1.24 bits per heavy atom. The Morgan fingerprint density at radius 3 is 2.68 bits per heavy atom. The molecule has 132 valence electrons. The molecule has 3 rings (SSSR count). The molecule has 0 unspecified atom stereocenters. The van der Waals surface area contributed by atoms with E-state index in [1.807, 2.05) is 35.7 Å². The zero-order chi connectivity index (χ0) is 17.6. The third-order valence-corrected chi connectivity index (χ3v) is 6.20. The highest BCUT2D eigenvalue weighted by Crippen LogP contribution is 2.30. The Hall–Kier alpha value is -1.86. The molecule has 1 aliphatic carbocycles. The van der Waals surface area contributed by atoms with Crippen molar-refractivity contribution in [3.05, 3.63) is 35.7 Å². The predicted molar refractivity (Wildman–Crippen MR) is 102 cm³/mol. The molecule has 1 heterocycles. The number of carbonyl (C=O) groups is 2. The van der Waals surface area contributed by atoms with Crippen molar-refractivity contribution in [2.24, 2.45) is 0 Å². The zero-order valence-corrected chi connectivity index (χ0v) is 15.7. The lowest BCUT2D eigenvalue weighted by molar-refractivity contribution is -0.119. The second-order valence-electron chi connectivity index (χ2n) is 6.07. The van der Waals surface area contributed by atoms with Gasteiger partial charge in [0.1, 0.15) is 0 Å². The number of benzene rings is 1. The van der Waals surface area contributed by atoms with Crippen LogP contribution in [-0.2, 0) is 4.79 Å². The van der Waals surface area contributed by atoms with Crippen LogP contribution in [0.3, 0.4) is 0 Å². The molecule has 1 fully saturated rings. The molecule has 0 saturated heterocycles. The Bertz CT molecular complexity index is 727. The minimum absolute atomic E-state index is 0.197. The first-order valence-electron chi connectivity index (χ1n) is 8.41. The number of aromatic nitrogens is 1. The van der Waals surface area contributed by atoms with Gasteiger partial charge in [-0.2, -0.15) is 0 Å². The van der Waals surface area contributed by atoms with Gasteiger partial charge in [-0.1, -0.05) is 54.9 Å². The number of hydrogen-bond donors (Lipinski definition) is 2. The van der Waals surface area contributed by atoms with E-state index in [0.29, 0.717) is 0 Å². The smallest absolute Gasteiger partial charge is 0.321 e. The van der Waals surface area contributed by atoms with Crippen molar-refractivity contribution in [2.75, 3.05) is 0 Å². The fourth-order valence-electron chi connectivity index (χ4n) is 2.76. The minimum Gasteiger partial charge on any atom is -0.335 e. The molecule has 1 saturated carbocycles. The van der Waals surface area contributed by atoms with Gasteiger partial charge in [-0.05, 0) is 19.8 Å². The second kappa shape index (κ2) is 8.49. The standard InChI is InChI=1S/C18H21N3O2S2/c1-12(16(22)21-17(23)19-14-9-5-6-10-14)25-18-20-15(11-24-18)13-7-3-2-4-8-13/h2-4,7-8,11-12,14H,5-6,9-10H2,1H3,(H2,19,21,22,23)/t12-/m0/s1. The number of imide groups is 1. The lowest BCUT2D eigenvalue weighted by Crippen LogP contribution is -2.45. The summed E-state index contributed by atoms with van der Waals surface area (Å²) in [6.07, 6.45) is 4.26. The molecule has 5 nitrogen and oxygen atoms in total. The Morgan fingerprint density at radius 2 is 1.96 bits per heavy atom. The van der Waals surface area contributed by atoms with E-state index in [1.165, 1.54) is 23.1 Å². The number of urea groups is 1. The highest BCUT2D eigenvalue weighted by molar-refractivity contribution is 8.02. The summed E-state index contributed by atoms with van der Waals surface area (Å²) < 4.78 is 0.817. The molecule has 1 atom stereocenters. The Balaban J connectivity index is 1.51. The van der Waals surface area contributed by atoms with E-state index < -0.39 is 6.03 Å². The number of carbonyl (C=O) groups excluding carboxylic acids is 2. The van der Waals surface area contributed by atoms with Crippen molar-refractivity contribution in [2.45, 2.75) is 48.2 Å². The van der Waals surface area contributed by atoms with Gasteiger partial charge in [-0.15, -0.1) is 11.3 Å². The summed E-state index contributed by atoms with van der Waals surface area (Å²) in [4.78, 5) is 28.6. The topological polar surface area (TPSA) is 71.1 Å². The first-order chi connectivity index (χ1) is 12.1. The molecule has 2 N–H and O–H groups in total. The number of amides is 3. The molecule has 1 aromatic heterocycles. The molecule has 3 amide bonds. The van der Waals surface area contributed by atoms with Gasteiger partial charge in [0.25, 0.3) is 0 Å². The molecule has 7 heteroatoms. The maximum Gasteiger partial charge on any atom is 0.321 e. The SMILES string of the molecule is C[C@H](Sc1nc(-c2ccccc2)cs1)C(=O)NC(=O)NC1CCCC1. The zero-order valence-electron chi connectivity index (χ0n) is 14.0. The van der Waals surface area contributed by atoms with Crippen molar-refractivity contribution in [1.29, 1.82) is 0 Å². The first-order valence-corrected chi connectivity index (χ1v) is 10.2. The molecular weight excluding hydrogens is 354 g/mol. The van der Waals surface area contributed by atoms with Gasteiger partial charge < -0.3 is 5.32 Å². The predicted octanol–water partition coefficient (Wildman–Crippen LogP) is 4.06. The van der Waals surface area contributed by atoms with E-state index >= 15 is 0 Å². The molecule has 1 aliphatic rings. The van der Waals surface area contributed by atoms with E-state index in [0.717, 1.165) is 41.3 Å².